The fraction of sp³-hybridized carbons (Fsp3) is 0.407. The lowest BCUT2D eigenvalue weighted by atomic mass is 10.1. The molecule has 0 saturated carbocycles. The van der Waals surface area contributed by atoms with E-state index in [0.717, 1.165) is 52.8 Å². The summed E-state index contributed by atoms with van der Waals surface area (Å²) in [7, 11) is 3.59. The Hall–Kier alpha value is -3.60. The largest absolute Gasteiger partial charge is 0.493 e. The molecule has 0 aliphatic carbocycles. The van der Waals surface area contributed by atoms with Crippen molar-refractivity contribution in [2.75, 3.05) is 66.3 Å². The number of amides is 1. The summed E-state index contributed by atoms with van der Waals surface area (Å²) in [4.78, 5) is 24.8. The second kappa shape index (κ2) is 11.2. The summed E-state index contributed by atoms with van der Waals surface area (Å²) in [5, 5.41) is 10.9. The number of methoxy groups -OCH3 is 1. The molecule has 1 aliphatic rings. The number of fused-ring (bicyclic) bond motifs is 2. The van der Waals surface area contributed by atoms with Gasteiger partial charge in [0, 0.05) is 80.3 Å². The van der Waals surface area contributed by atoms with Gasteiger partial charge in [0.25, 0.3) is 5.91 Å². The highest BCUT2D eigenvalue weighted by Gasteiger charge is 2.22. The summed E-state index contributed by atoms with van der Waals surface area (Å²) >= 11 is 0. The van der Waals surface area contributed by atoms with Crippen LogP contribution in [-0.2, 0) is 16.6 Å². The summed E-state index contributed by atoms with van der Waals surface area (Å²) in [6, 6.07) is 9.93. The predicted molar refractivity (Wildman–Crippen MR) is 141 cm³/mol. The van der Waals surface area contributed by atoms with Gasteiger partial charge in [-0.05, 0) is 24.3 Å². The van der Waals surface area contributed by atoms with Crippen LogP contribution in [0.4, 0.5) is 0 Å². The molecular formula is C27H33N5O5. The molecule has 4 aromatic rings. The Kier molecular flexibility index (Phi) is 7.59. The number of carbonyl (C=O) groups excluding carboxylic acids is 1. The van der Waals surface area contributed by atoms with Crippen LogP contribution >= 0.6 is 0 Å². The summed E-state index contributed by atoms with van der Waals surface area (Å²) in [6.45, 7) is 4.60. The molecule has 1 fully saturated rings. The second-order valence-corrected chi connectivity index (χ2v) is 9.15. The van der Waals surface area contributed by atoms with Crippen molar-refractivity contribution in [3.05, 3.63) is 42.7 Å². The van der Waals surface area contributed by atoms with Gasteiger partial charge in [0.15, 0.2) is 18.1 Å². The molecule has 1 aliphatic heterocycles. The highest BCUT2D eigenvalue weighted by Crippen LogP contribution is 2.38. The number of aliphatic hydroxyl groups is 1. The van der Waals surface area contributed by atoms with Crippen molar-refractivity contribution in [1.82, 2.24) is 24.3 Å². The van der Waals surface area contributed by atoms with Crippen molar-refractivity contribution < 1.29 is 24.1 Å². The number of benzene rings is 1. The first-order chi connectivity index (χ1) is 18.1. The van der Waals surface area contributed by atoms with E-state index in [2.05, 4.69) is 27.1 Å². The molecule has 4 heterocycles. The number of H-pyrrole nitrogens is 1. The molecule has 5 rings (SSSR count). The maximum atomic E-state index is 12.9. The number of hydrogen-bond donors (Lipinski definition) is 2. The van der Waals surface area contributed by atoms with Crippen LogP contribution in [0.5, 0.6) is 11.5 Å². The van der Waals surface area contributed by atoms with E-state index in [0.29, 0.717) is 37.8 Å². The third kappa shape index (κ3) is 5.41. The first kappa shape index (κ1) is 25.1. The third-order valence-corrected chi connectivity index (χ3v) is 6.82. The summed E-state index contributed by atoms with van der Waals surface area (Å²) < 4.78 is 19.0. The number of rotatable bonds is 10. The molecule has 1 aromatic carbocycles. The van der Waals surface area contributed by atoms with Crippen molar-refractivity contribution >= 4 is 27.8 Å². The molecule has 10 nitrogen and oxygen atoms in total. The molecule has 3 aromatic heterocycles. The quantitative estimate of drug-likeness (QED) is 0.317. The monoisotopic (exact) mass is 507 g/mol. The fourth-order valence-corrected chi connectivity index (χ4v) is 4.79. The maximum absolute atomic E-state index is 12.9. The average molecular weight is 508 g/mol. The Balaban J connectivity index is 1.26. The van der Waals surface area contributed by atoms with Gasteiger partial charge < -0.3 is 33.8 Å². The minimum Gasteiger partial charge on any atom is -0.493 e. The smallest absolute Gasteiger partial charge is 0.260 e. The van der Waals surface area contributed by atoms with E-state index in [9.17, 15) is 4.79 Å². The number of ether oxygens (including phenoxy) is 3. The fourth-order valence-electron chi connectivity index (χ4n) is 4.79. The van der Waals surface area contributed by atoms with Gasteiger partial charge >= 0.3 is 0 Å². The molecule has 0 unspecified atom stereocenters. The molecule has 0 radical (unpaired) electrons. The SMILES string of the molecule is COc1cc2c(-c3cc4cccnc4[nH]3)cn(C)c2cc1OCC(=O)N1CCN(CCOCCO)CC1. The summed E-state index contributed by atoms with van der Waals surface area (Å²) in [5.74, 6) is 1.07. The normalized spacial score (nSPS) is 14.5. The molecule has 0 bridgehead atoms. The number of aromatic nitrogens is 3. The van der Waals surface area contributed by atoms with Gasteiger partial charge in [-0.2, -0.15) is 0 Å². The maximum Gasteiger partial charge on any atom is 0.260 e. The van der Waals surface area contributed by atoms with Crippen LogP contribution < -0.4 is 9.47 Å². The standard InChI is InChI=1S/C27H33N5O5/c1-30-17-21(22-14-19-4-3-5-28-27(19)29-22)20-15-24(35-2)25(16-23(20)30)37-18-26(34)32-8-6-31(7-9-32)10-12-36-13-11-33/h3-5,14-17,33H,6-13,18H2,1-2H3,(H,28,29). The summed E-state index contributed by atoms with van der Waals surface area (Å²) in [6.07, 6.45) is 3.84. The van der Waals surface area contributed by atoms with Gasteiger partial charge in [0.1, 0.15) is 5.65 Å². The zero-order valence-electron chi connectivity index (χ0n) is 21.3. The number of nitrogens with one attached hydrogen (secondary N) is 1. The Labute approximate surface area is 215 Å². The minimum absolute atomic E-state index is 0.0348. The van der Waals surface area contributed by atoms with E-state index in [4.69, 9.17) is 19.3 Å². The lowest BCUT2D eigenvalue weighted by Crippen LogP contribution is -2.50. The predicted octanol–water partition coefficient (Wildman–Crippen LogP) is 2.26. The molecule has 0 atom stereocenters. The zero-order chi connectivity index (χ0) is 25.8. The molecule has 2 N–H and O–H groups in total. The lowest BCUT2D eigenvalue weighted by Gasteiger charge is -2.34. The van der Waals surface area contributed by atoms with Gasteiger partial charge in [0.2, 0.25) is 0 Å². The van der Waals surface area contributed by atoms with E-state index in [-0.39, 0.29) is 19.1 Å². The van der Waals surface area contributed by atoms with Crippen LogP contribution in [0.25, 0.3) is 33.2 Å². The Bertz CT molecular complexity index is 1340. The number of aryl methyl sites for hydroxylation is 1. The van der Waals surface area contributed by atoms with E-state index >= 15 is 0 Å². The van der Waals surface area contributed by atoms with Gasteiger partial charge in [-0.15, -0.1) is 0 Å². The summed E-state index contributed by atoms with van der Waals surface area (Å²) in [5.41, 5.74) is 3.83. The Morgan fingerprint density at radius 2 is 1.97 bits per heavy atom. The number of nitrogens with zero attached hydrogens (tertiary/aromatic N) is 4. The van der Waals surface area contributed by atoms with Crippen molar-refractivity contribution in [1.29, 1.82) is 0 Å². The number of piperazine rings is 1. The number of carbonyl (C=O) groups is 1. The van der Waals surface area contributed by atoms with Crippen molar-refractivity contribution in [3.63, 3.8) is 0 Å². The van der Waals surface area contributed by atoms with Crippen molar-refractivity contribution in [2.45, 2.75) is 0 Å². The minimum atomic E-state index is -0.0492. The van der Waals surface area contributed by atoms with E-state index in [1.165, 1.54) is 0 Å². The molecular weight excluding hydrogens is 474 g/mol. The van der Waals surface area contributed by atoms with Crippen LogP contribution in [0.3, 0.4) is 0 Å². The van der Waals surface area contributed by atoms with E-state index in [1.807, 2.05) is 40.8 Å². The molecule has 1 amide bonds. The zero-order valence-corrected chi connectivity index (χ0v) is 21.3. The number of aromatic amines is 1. The average Bonchev–Trinajstić information content (AvgIpc) is 3.50. The lowest BCUT2D eigenvalue weighted by molar-refractivity contribution is -0.135. The highest BCUT2D eigenvalue weighted by molar-refractivity contribution is 5.99. The van der Waals surface area contributed by atoms with Gasteiger partial charge in [-0.3, -0.25) is 9.69 Å². The Morgan fingerprint density at radius 3 is 2.73 bits per heavy atom. The van der Waals surface area contributed by atoms with Crippen LogP contribution in [0.15, 0.2) is 42.7 Å². The topological polar surface area (TPSA) is 105 Å². The Morgan fingerprint density at radius 1 is 1.14 bits per heavy atom. The number of aliphatic hydroxyl groups excluding tert-OH is 1. The second-order valence-electron chi connectivity index (χ2n) is 9.15. The number of hydrogen-bond acceptors (Lipinski definition) is 7. The first-order valence-electron chi connectivity index (χ1n) is 12.5. The van der Waals surface area contributed by atoms with Gasteiger partial charge in [-0.25, -0.2) is 4.98 Å². The van der Waals surface area contributed by atoms with Gasteiger partial charge in [0.05, 0.1) is 32.4 Å². The molecule has 10 heteroatoms. The van der Waals surface area contributed by atoms with Crippen LogP contribution in [-0.4, -0.2) is 102 Å². The number of pyridine rings is 1. The molecule has 0 spiro atoms. The van der Waals surface area contributed by atoms with Crippen molar-refractivity contribution in [2.24, 2.45) is 7.05 Å². The third-order valence-electron chi connectivity index (χ3n) is 6.82. The van der Waals surface area contributed by atoms with Gasteiger partial charge in [-0.1, -0.05) is 0 Å². The van der Waals surface area contributed by atoms with Crippen LogP contribution in [0, 0.1) is 0 Å². The van der Waals surface area contributed by atoms with Crippen LogP contribution in [0.1, 0.15) is 0 Å². The molecule has 37 heavy (non-hydrogen) atoms. The van der Waals surface area contributed by atoms with E-state index in [1.54, 1.807) is 13.3 Å². The van der Waals surface area contributed by atoms with Crippen molar-refractivity contribution in [3.8, 4) is 22.8 Å². The molecule has 196 valence electrons. The first-order valence-corrected chi connectivity index (χ1v) is 12.5. The highest BCUT2D eigenvalue weighted by atomic mass is 16.5. The molecule has 1 saturated heterocycles. The van der Waals surface area contributed by atoms with E-state index < -0.39 is 0 Å². The van der Waals surface area contributed by atoms with Crippen LogP contribution in [0.2, 0.25) is 0 Å².